The molecule has 0 radical (unpaired) electrons. The number of benzene rings is 2. The van der Waals surface area contributed by atoms with Crippen molar-refractivity contribution in [3.63, 3.8) is 0 Å². The van der Waals surface area contributed by atoms with Crippen LogP contribution in [0.25, 0.3) is 0 Å². The van der Waals surface area contributed by atoms with Gasteiger partial charge < -0.3 is 9.47 Å². The quantitative estimate of drug-likeness (QED) is 0.124. The molecule has 0 aliphatic rings. The molecule has 1 atom stereocenters. The fourth-order valence-electron chi connectivity index (χ4n) is 4.19. The molecule has 0 fully saturated rings. The van der Waals surface area contributed by atoms with E-state index in [0.717, 1.165) is 49.8 Å². The second-order valence-electron chi connectivity index (χ2n) is 9.80. The number of H-pyrrole nitrogens is 1. The molecule has 2 aromatic carbocycles. The third-order valence-electron chi connectivity index (χ3n) is 6.82. The topological polar surface area (TPSA) is 123 Å². The molecule has 0 aliphatic heterocycles. The van der Waals surface area contributed by atoms with Gasteiger partial charge in [0.1, 0.15) is 11.4 Å². The second-order valence-corrected chi connectivity index (χ2v) is 9.80. The molecule has 0 bridgehead atoms. The van der Waals surface area contributed by atoms with Crippen molar-refractivity contribution >= 4 is 28.7 Å². The number of carbonyl (C=O) groups excluding carboxylic acids is 1. The van der Waals surface area contributed by atoms with Crippen LogP contribution in [-0.2, 0) is 18.2 Å². The van der Waals surface area contributed by atoms with Gasteiger partial charge in [-0.15, -0.1) is 10.2 Å². The van der Waals surface area contributed by atoms with Gasteiger partial charge in [0.05, 0.1) is 25.1 Å². The zero-order valence-corrected chi connectivity index (χ0v) is 24.4. The van der Waals surface area contributed by atoms with Crippen LogP contribution >= 0.6 is 0 Å². The van der Waals surface area contributed by atoms with Crippen LogP contribution in [-0.4, -0.2) is 29.5 Å². The van der Waals surface area contributed by atoms with E-state index in [1.54, 1.807) is 12.1 Å². The minimum Gasteiger partial charge on any atom is -0.494 e. The van der Waals surface area contributed by atoms with E-state index < -0.39 is 11.5 Å². The highest BCUT2D eigenvalue weighted by Crippen LogP contribution is 2.36. The summed E-state index contributed by atoms with van der Waals surface area (Å²) in [5.41, 5.74) is 3.09. The Labute approximate surface area is 235 Å². The van der Waals surface area contributed by atoms with Crippen molar-refractivity contribution in [3.05, 3.63) is 63.6 Å². The lowest BCUT2D eigenvalue weighted by Crippen LogP contribution is -2.14. The van der Waals surface area contributed by atoms with Crippen LogP contribution in [0.4, 0.5) is 22.7 Å². The number of aryl methyl sites for hydroxylation is 3. The van der Waals surface area contributed by atoms with Crippen LogP contribution in [0.1, 0.15) is 74.5 Å². The molecule has 0 saturated heterocycles. The van der Waals surface area contributed by atoms with E-state index >= 15 is 0 Å². The number of rotatable bonds is 14. The van der Waals surface area contributed by atoms with E-state index in [1.165, 1.54) is 24.4 Å². The number of unbranched alkanes of at least 4 members (excludes halogenated alkanes) is 2. The predicted molar refractivity (Wildman–Crippen MR) is 156 cm³/mol. The number of methoxy groups -OCH3 is 1. The normalized spacial score (nSPS) is 12.3. The number of azo groups is 2. The first-order chi connectivity index (χ1) is 19.3. The van der Waals surface area contributed by atoms with Crippen molar-refractivity contribution in [2.24, 2.45) is 33.4 Å². The highest BCUT2D eigenvalue weighted by atomic mass is 16.5. The lowest BCUT2D eigenvalue weighted by Gasteiger charge is -2.14. The van der Waals surface area contributed by atoms with Gasteiger partial charge in [-0.3, -0.25) is 14.6 Å². The van der Waals surface area contributed by atoms with Crippen LogP contribution in [0.5, 0.6) is 5.75 Å². The SMILES string of the molecule is CCCCCC(CC)COC(=O)c1[nH]n(C)c(=O)c1N=Nc1cc(C)c(N=Nc2cccc(CC)c2)cc1OC. The molecular formula is C30H40N6O4. The smallest absolute Gasteiger partial charge is 0.358 e. The van der Waals surface area contributed by atoms with Gasteiger partial charge in [0.2, 0.25) is 0 Å². The van der Waals surface area contributed by atoms with Crippen LogP contribution in [0.2, 0.25) is 0 Å². The van der Waals surface area contributed by atoms with Crippen LogP contribution < -0.4 is 10.3 Å². The molecule has 0 amide bonds. The molecule has 1 unspecified atom stereocenters. The van der Waals surface area contributed by atoms with Crippen LogP contribution in [0.15, 0.2) is 61.6 Å². The maximum Gasteiger partial charge on any atom is 0.358 e. The van der Waals surface area contributed by atoms with Crippen molar-refractivity contribution in [2.75, 3.05) is 13.7 Å². The summed E-state index contributed by atoms with van der Waals surface area (Å²) in [4.78, 5) is 25.6. The largest absolute Gasteiger partial charge is 0.494 e. The molecule has 0 spiro atoms. The highest BCUT2D eigenvalue weighted by Gasteiger charge is 2.22. The average Bonchev–Trinajstić information content (AvgIpc) is 3.25. The van der Waals surface area contributed by atoms with E-state index in [2.05, 4.69) is 46.3 Å². The molecule has 3 rings (SSSR count). The van der Waals surface area contributed by atoms with Crippen molar-refractivity contribution in [1.82, 2.24) is 9.78 Å². The van der Waals surface area contributed by atoms with E-state index in [9.17, 15) is 9.59 Å². The summed E-state index contributed by atoms with van der Waals surface area (Å²) in [6.07, 6.45) is 6.21. The molecule has 214 valence electrons. The number of nitrogens with one attached hydrogen (secondary N) is 1. The Kier molecular flexibility index (Phi) is 11.4. The Morgan fingerprint density at radius 3 is 2.50 bits per heavy atom. The number of aromatic nitrogens is 2. The van der Waals surface area contributed by atoms with Gasteiger partial charge in [-0.1, -0.05) is 58.6 Å². The monoisotopic (exact) mass is 548 g/mol. The maximum atomic E-state index is 12.9. The summed E-state index contributed by atoms with van der Waals surface area (Å²) in [5, 5.41) is 19.9. The van der Waals surface area contributed by atoms with Crippen LogP contribution in [0.3, 0.4) is 0 Å². The first-order valence-electron chi connectivity index (χ1n) is 13.9. The molecule has 10 nitrogen and oxygen atoms in total. The minimum atomic E-state index is -0.633. The molecule has 10 heteroatoms. The highest BCUT2D eigenvalue weighted by molar-refractivity contribution is 5.92. The van der Waals surface area contributed by atoms with Crippen molar-refractivity contribution in [3.8, 4) is 5.75 Å². The third kappa shape index (κ3) is 7.97. The van der Waals surface area contributed by atoms with Gasteiger partial charge in [-0.05, 0) is 55.0 Å². The van der Waals surface area contributed by atoms with E-state index in [1.807, 2.05) is 31.2 Å². The zero-order chi connectivity index (χ0) is 29.1. The Morgan fingerprint density at radius 2 is 1.80 bits per heavy atom. The van der Waals surface area contributed by atoms with Crippen molar-refractivity contribution in [1.29, 1.82) is 0 Å². The summed E-state index contributed by atoms with van der Waals surface area (Å²) in [6.45, 7) is 8.49. The summed E-state index contributed by atoms with van der Waals surface area (Å²) in [5.74, 6) is 0.0427. The van der Waals surface area contributed by atoms with Gasteiger partial charge in [-0.25, -0.2) is 4.79 Å². The van der Waals surface area contributed by atoms with Gasteiger partial charge in [-0.2, -0.15) is 10.2 Å². The van der Waals surface area contributed by atoms with Gasteiger partial charge in [0.15, 0.2) is 11.4 Å². The Hall–Kier alpha value is -4.08. The van der Waals surface area contributed by atoms with Crippen molar-refractivity contribution in [2.45, 2.75) is 66.2 Å². The number of carbonyl (C=O) groups is 1. The second kappa shape index (κ2) is 14.9. The molecular weight excluding hydrogens is 508 g/mol. The lowest BCUT2D eigenvalue weighted by molar-refractivity contribution is 0.0421. The molecule has 3 aromatic rings. The number of hydrogen-bond donors (Lipinski definition) is 1. The number of ether oxygens (including phenoxy) is 2. The summed E-state index contributed by atoms with van der Waals surface area (Å²) >= 11 is 0. The molecule has 1 N–H and O–H groups in total. The Balaban J connectivity index is 1.81. The first-order valence-corrected chi connectivity index (χ1v) is 13.9. The Morgan fingerprint density at radius 1 is 1.02 bits per heavy atom. The Bertz CT molecular complexity index is 1410. The molecule has 1 aromatic heterocycles. The first kappa shape index (κ1) is 30.5. The summed E-state index contributed by atoms with van der Waals surface area (Å²) in [6, 6.07) is 11.4. The van der Waals surface area contributed by atoms with E-state index in [0.29, 0.717) is 23.7 Å². The lowest BCUT2D eigenvalue weighted by atomic mass is 10.00. The van der Waals surface area contributed by atoms with Crippen LogP contribution in [0, 0.1) is 12.8 Å². The molecule has 40 heavy (non-hydrogen) atoms. The van der Waals surface area contributed by atoms with Gasteiger partial charge in [0, 0.05) is 13.1 Å². The van der Waals surface area contributed by atoms with Crippen molar-refractivity contribution < 1.29 is 14.3 Å². The maximum absolute atomic E-state index is 12.9. The standard InChI is InChI=1S/C30H40N6O4/c1-7-10-11-13-22(9-3)19-40-30(38)28-27(29(37)36(5)35-28)34-33-25-16-20(4)24(18-26(25)39-6)32-31-23-15-12-14-21(8-2)17-23/h12,14-18,22,35H,7-11,13,19H2,1-6H3. The number of aromatic amines is 1. The fourth-order valence-corrected chi connectivity index (χ4v) is 4.19. The van der Waals surface area contributed by atoms with E-state index in [4.69, 9.17) is 9.47 Å². The fraction of sp³-hybridized carbons (Fsp3) is 0.467. The number of hydrogen-bond acceptors (Lipinski definition) is 8. The van der Waals surface area contributed by atoms with Gasteiger partial charge in [0.25, 0.3) is 5.56 Å². The summed E-state index contributed by atoms with van der Waals surface area (Å²) < 4.78 is 12.3. The predicted octanol–water partition coefficient (Wildman–Crippen LogP) is 8.19. The average molecular weight is 549 g/mol. The minimum absolute atomic E-state index is 0.0323. The molecule has 1 heterocycles. The number of esters is 1. The number of nitrogens with zero attached hydrogens (tertiary/aromatic N) is 5. The van der Waals surface area contributed by atoms with Gasteiger partial charge >= 0.3 is 5.97 Å². The van der Waals surface area contributed by atoms with E-state index in [-0.39, 0.29) is 17.3 Å². The summed E-state index contributed by atoms with van der Waals surface area (Å²) in [7, 11) is 3.02. The third-order valence-corrected chi connectivity index (χ3v) is 6.82. The molecule has 0 saturated carbocycles. The molecule has 0 aliphatic carbocycles. The zero-order valence-electron chi connectivity index (χ0n) is 24.4.